The molecule has 532 valence electrons. The molecule has 33 heteroatoms. The molecule has 1 saturated heterocycles. The second-order valence-corrected chi connectivity index (χ2v) is 30.2. The average molecular weight is 1500 g/mol. The summed E-state index contributed by atoms with van der Waals surface area (Å²) in [7, 11) is 2.94. The van der Waals surface area contributed by atoms with Gasteiger partial charge in [0.1, 0.15) is 76.7 Å². The van der Waals surface area contributed by atoms with Crippen LogP contribution >= 0.6 is 68.0 Å². The van der Waals surface area contributed by atoms with E-state index in [1.807, 2.05) is 6.92 Å². The van der Waals surface area contributed by atoms with Gasteiger partial charge >= 0.3 is 5.97 Å². The maximum Gasteiger partial charge on any atom is 0.308 e. The predicted octanol–water partition coefficient (Wildman–Crippen LogP) is 8.09. The normalized spacial score (nSPS) is 20.5. The van der Waals surface area contributed by atoms with Crippen molar-refractivity contribution in [3.63, 3.8) is 0 Å². The molecule has 2 fully saturated rings. The van der Waals surface area contributed by atoms with E-state index in [-0.39, 0.29) is 95.1 Å². The number of pyridine rings is 1. The van der Waals surface area contributed by atoms with E-state index in [4.69, 9.17) is 59.6 Å². The van der Waals surface area contributed by atoms with Crippen LogP contribution in [-0.2, 0) is 39.8 Å². The van der Waals surface area contributed by atoms with Crippen LogP contribution in [0.4, 0.5) is 0 Å². The molecule has 7 aromatic heterocycles. The fourth-order valence-electron chi connectivity index (χ4n) is 12.3. The van der Waals surface area contributed by atoms with Crippen LogP contribution in [0.25, 0.3) is 43.4 Å². The highest BCUT2D eigenvalue weighted by atomic mass is 32.1. The van der Waals surface area contributed by atoms with E-state index in [1.54, 1.807) is 102 Å². The van der Waals surface area contributed by atoms with Crippen LogP contribution in [0.5, 0.6) is 5.75 Å². The van der Waals surface area contributed by atoms with Crippen LogP contribution in [0.3, 0.4) is 0 Å². The number of methoxy groups -OCH3 is 2. The van der Waals surface area contributed by atoms with Crippen molar-refractivity contribution in [3.8, 4) is 49.1 Å². The number of carbonyl (C=O) groups is 8. The predicted molar refractivity (Wildman–Crippen MR) is 382 cm³/mol. The lowest BCUT2D eigenvalue weighted by Gasteiger charge is -2.29. The van der Waals surface area contributed by atoms with Crippen LogP contribution in [0, 0.1) is 18.8 Å². The molecule has 102 heavy (non-hydrogen) atoms. The lowest BCUT2D eigenvalue weighted by molar-refractivity contribution is -0.146. The van der Waals surface area contributed by atoms with Crippen LogP contribution in [-0.4, -0.2) is 169 Å². The number of primary amides is 1. The summed E-state index contributed by atoms with van der Waals surface area (Å²) in [6, 6.07) is 15.5. The number of amides is 6. The van der Waals surface area contributed by atoms with Gasteiger partial charge in [0, 0.05) is 88.3 Å². The quantitative estimate of drug-likeness (QED) is 0.0297. The second kappa shape index (κ2) is 33.0. The summed E-state index contributed by atoms with van der Waals surface area (Å²) in [6.07, 6.45) is -0.788. The summed E-state index contributed by atoms with van der Waals surface area (Å²) < 4.78 is 21.1. The fraction of sp³-hybridized carbons (Fsp3) is 0.377. The monoisotopic (exact) mass is 1500 g/mol. The Labute approximate surface area is 608 Å². The standard InChI is InChI=1S/C69H71N13O14S6/c1-34-52(84)27-82-57(34)67-80-50(33-101-67)65-76-46(29-99-65)56-41(18-19-43(73-56)64-79-47(32-100-64)59(88)72-39-14-12-38(13-15-39)69(92)94-4)62-77-48(30-97-62)60(89)74-44(26-53(70)85)66-81-55(35(2)102-66)51(83)25-42(58(87)37-8-6-5-7-9-37)63-78-49(31-98-63)61(90)75-45(68(82)91)24-36-10-16-40(17-11-36)96-28-54(86)71-20-21-95-23-22-93-3/h5-11,16-19,29-34,38-39,42,44-45,52,57-58,84,87H,12-15,20-28H2,1-4H3,(H2,70,85)(H,71,86)(H,72,88)(H,74,89)(H,75,90)/t34-,38?,39?,42+,44-,45-,52-,57-,58+/m0/s1. The molecule has 2 aliphatic heterocycles. The van der Waals surface area contributed by atoms with Gasteiger partial charge in [-0.25, -0.2) is 34.9 Å². The number of carbonyl (C=O) groups excluding carboxylic acids is 8. The number of rotatable bonds is 19. The maximum absolute atomic E-state index is 15.5. The number of esters is 1. The number of fused-ring (bicyclic) bond motifs is 16. The number of nitrogens with two attached hydrogens (primary N) is 1. The summed E-state index contributed by atoms with van der Waals surface area (Å²) in [5.74, 6) is -5.70. The molecular formula is C69H71N13O14S6. The number of aliphatic hydroxyl groups is 2. The van der Waals surface area contributed by atoms with Gasteiger partial charge < -0.3 is 61.1 Å². The van der Waals surface area contributed by atoms with E-state index >= 15 is 4.79 Å². The Morgan fingerprint density at radius 1 is 0.706 bits per heavy atom. The highest BCUT2D eigenvalue weighted by molar-refractivity contribution is 7.15. The third-order valence-corrected chi connectivity index (χ3v) is 23.3. The molecule has 10 bridgehead atoms. The van der Waals surface area contributed by atoms with Gasteiger partial charge in [-0.1, -0.05) is 49.4 Å². The summed E-state index contributed by atoms with van der Waals surface area (Å²) in [5.41, 5.74) is 8.98. The highest BCUT2D eigenvalue weighted by Crippen LogP contribution is 2.44. The van der Waals surface area contributed by atoms with E-state index in [2.05, 4.69) is 21.3 Å². The van der Waals surface area contributed by atoms with Gasteiger partial charge in [0.2, 0.25) is 11.8 Å². The van der Waals surface area contributed by atoms with Crippen molar-refractivity contribution in [2.24, 2.45) is 17.6 Å². The van der Waals surface area contributed by atoms with Gasteiger partial charge in [0.15, 0.2) is 12.4 Å². The van der Waals surface area contributed by atoms with E-state index in [9.17, 15) is 43.8 Å². The van der Waals surface area contributed by atoms with E-state index in [0.717, 1.165) is 34.0 Å². The number of nitrogens with one attached hydrogen (secondary N) is 4. The molecule has 3 aliphatic rings. The smallest absolute Gasteiger partial charge is 0.308 e. The number of Topliss-reactive ketones (excluding diaryl/α,β-unsaturated/α-hetero) is 1. The first-order chi connectivity index (χ1) is 49.3. The van der Waals surface area contributed by atoms with Crippen molar-refractivity contribution in [1.82, 2.24) is 61.1 Å². The molecule has 0 unspecified atom stereocenters. The largest absolute Gasteiger partial charge is 0.484 e. The maximum atomic E-state index is 15.5. The number of nitrogens with zero attached hydrogens (tertiary/aromatic N) is 8. The molecule has 9 aromatic rings. The fourth-order valence-corrected chi connectivity index (χ4v) is 17.6. The third kappa shape index (κ3) is 17.0. The van der Waals surface area contributed by atoms with Crippen LogP contribution in [0.1, 0.15) is 143 Å². The lowest BCUT2D eigenvalue weighted by Crippen LogP contribution is -2.50. The van der Waals surface area contributed by atoms with Gasteiger partial charge in [-0.15, -0.1) is 68.0 Å². The summed E-state index contributed by atoms with van der Waals surface area (Å²) >= 11 is 7.01. The molecule has 1 aliphatic carbocycles. The summed E-state index contributed by atoms with van der Waals surface area (Å²) in [6.45, 7) is 4.46. The molecule has 1 saturated carbocycles. The zero-order valence-electron chi connectivity index (χ0n) is 55.5. The number of thiazole rings is 6. The van der Waals surface area contributed by atoms with Crippen LogP contribution < -0.4 is 31.7 Å². The molecule has 0 spiro atoms. The molecule has 27 nitrogen and oxygen atoms in total. The summed E-state index contributed by atoms with van der Waals surface area (Å²) in [5, 5.41) is 45.9. The van der Waals surface area contributed by atoms with Crippen molar-refractivity contribution >= 4 is 115 Å². The number of hydrogen-bond donors (Lipinski definition) is 7. The van der Waals surface area contributed by atoms with Gasteiger partial charge in [0.05, 0.1) is 74.3 Å². The van der Waals surface area contributed by atoms with E-state index < -0.39 is 78.0 Å². The molecule has 0 radical (unpaired) electrons. The Morgan fingerprint density at radius 2 is 1.38 bits per heavy atom. The zero-order chi connectivity index (χ0) is 71.7. The van der Waals surface area contributed by atoms with Crippen molar-refractivity contribution in [2.45, 2.75) is 101 Å². The first-order valence-corrected chi connectivity index (χ1v) is 37.9. The Balaban J connectivity index is 0.895. The Hall–Kier alpha value is -9.03. The van der Waals surface area contributed by atoms with E-state index in [0.29, 0.717) is 116 Å². The van der Waals surface area contributed by atoms with Gasteiger partial charge in [-0.2, -0.15) is 0 Å². The Morgan fingerprint density at radius 3 is 2.14 bits per heavy atom. The number of aryl methyl sites for hydroxylation is 1. The van der Waals surface area contributed by atoms with Crippen LogP contribution in [0.2, 0.25) is 0 Å². The topological polar surface area (TPSA) is 382 Å². The number of aromatic nitrogens is 7. The van der Waals surface area contributed by atoms with Gasteiger partial charge in [0.25, 0.3) is 23.6 Å². The zero-order valence-corrected chi connectivity index (χ0v) is 60.4. The molecule has 2 aromatic carbocycles. The summed E-state index contributed by atoms with van der Waals surface area (Å²) in [4.78, 5) is 147. The SMILES string of the molecule is COCCOCCNC(=O)COc1ccc(C[C@@H]2NC(=O)c3csc(n3)[C@@H]([C@H](O)c3ccccc3)CC(=O)c3nc(sc3C)[C@H](CC(N)=O)NC(=O)c3csc(n3)-c3ccc(-c4nc(C(=O)NC5CCC(C(=O)OC)CC5)cs4)nc3-c3csc(n3)-c3csc(n3)[C@@H]3[C@@H](C)[C@@H](O)CN3C2=O)cc1. The van der Waals surface area contributed by atoms with Crippen molar-refractivity contribution in [2.75, 3.05) is 53.7 Å². The van der Waals surface area contributed by atoms with Crippen LogP contribution in [0.15, 0.2) is 93.6 Å². The highest BCUT2D eigenvalue weighted by Gasteiger charge is 2.46. The molecule has 8 N–H and O–H groups in total. The minimum Gasteiger partial charge on any atom is -0.484 e. The van der Waals surface area contributed by atoms with Crippen molar-refractivity contribution in [3.05, 3.63) is 147 Å². The van der Waals surface area contributed by atoms with Gasteiger partial charge in [-0.3, -0.25) is 38.4 Å². The average Bonchev–Trinajstić information content (AvgIpc) is 1.62. The molecular weight excluding hydrogens is 1430 g/mol. The molecule has 7 atom stereocenters. The minimum atomic E-state index is -1.33. The van der Waals surface area contributed by atoms with Crippen molar-refractivity contribution < 1.29 is 67.5 Å². The molecule has 6 amide bonds. The lowest BCUT2D eigenvalue weighted by atomic mass is 9.86. The van der Waals surface area contributed by atoms with E-state index in [1.165, 1.54) is 51.4 Å². The first-order valence-electron chi connectivity index (χ1n) is 32.6. The number of aliphatic hydroxyl groups excluding tert-OH is 2. The third-order valence-electron chi connectivity index (χ3n) is 17.7. The first kappa shape index (κ1) is 72.7. The molecule has 12 rings (SSSR count). The van der Waals surface area contributed by atoms with Gasteiger partial charge in [-0.05, 0) is 68.0 Å². The number of hydrogen-bond acceptors (Lipinski definition) is 27. The second-order valence-electron chi connectivity index (χ2n) is 24.6. The molecule has 9 heterocycles. The Bertz CT molecular complexity index is 4530. The number of ether oxygens (including phenoxy) is 4. The number of benzene rings is 2. The van der Waals surface area contributed by atoms with Crippen molar-refractivity contribution in [1.29, 1.82) is 0 Å². The minimum absolute atomic E-state index is 0.00989. The Kier molecular flexibility index (Phi) is 23.5. The number of ketones is 1.